The third-order valence-corrected chi connectivity index (χ3v) is 2.12. The lowest BCUT2D eigenvalue weighted by Crippen LogP contribution is -1.96. The number of fused-ring (bicyclic) bond motifs is 1. The Morgan fingerprint density at radius 2 is 2.15 bits per heavy atom. The van der Waals surface area contributed by atoms with Crippen LogP contribution in [0.4, 0.5) is 0 Å². The summed E-state index contributed by atoms with van der Waals surface area (Å²) in [7, 11) is 0. The second-order valence-electron chi connectivity index (χ2n) is 3.27. The van der Waals surface area contributed by atoms with E-state index in [4.69, 9.17) is 11.6 Å². The van der Waals surface area contributed by atoms with Crippen LogP contribution in [0.2, 0.25) is 5.28 Å². The van der Waals surface area contributed by atoms with Crippen molar-refractivity contribution < 1.29 is 0 Å². The predicted octanol–water partition coefficient (Wildman–Crippen LogP) is 2.73. The number of aromatic nitrogens is 3. The number of rotatable bonds is 1. The second-order valence-corrected chi connectivity index (χ2v) is 3.61. The molecule has 0 bridgehead atoms. The summed E-state index contributed by atoms with van der Waals surface area (Å²) in [5, 5.41) is 0.316. The topological polar surface area (TPSA) is 41.6 Å². The fraction of sp³-hybridized carbons (Fsp3) is 0.333. The molecule has 68 valence electrons. The van der Waals surface area contributed by atoms with Crippen molar-refractivity contribution in [3.8, 4) is 0 Å². The molecule has 13 heavy (non-hydrogen) atoms. The molecule has 0 atom stereocenters. The SMILES string of the molecule is CC(C)c1nc(Cl)nc2cc[nH]c12. The van der Waals surface area contributed by atoms with E-state index < -0.39 is 0 Å². The quantitative estimate of drug-likeness (QED) is 0.711. The largest absolute Gasteiger partial charge is 0.358 e. The van der Waals surface area contributed by atoms with Crippen LogP contribution < -0.4 is 0 Å². The number of hydrogen-bond acceptors (Lipinski definition) is 2. The molecule has 0 spiro atoms. The van der Waals surface area contributed by atoms with Gasteiger partial charge in [-0.2, -0.15) is 0 Å². The van der Waals surface area contributed by atoms with Crippen LogP contribution in [0.15, 0.2) is 12.3 Å². The number of nitrogens with zero attached hydrogens (tertiary/aromatic N) is 2. The Labute approximate surface area is 81.2 Å². The molecule has 2 aromatic heterocycles. The van der Waals surface area contributed by atoms with E-state index in [-0.39, 0.29) is 0 Å². The summed E-state index contributed by atoms with van der Waals surface area (Å²) in [4.78, 5) is 11.4. The first-order chi connectivity index (χ1) is 6.18. The lowest BCUT2D eigenvalue weighted by molar-refractivity contribution is 0.826. The molecule has 0 aliphatic rings. The average molecular weight is 196 g/mol. The summed E-state index contributed by atoms with van der Waals surface area (Å²) in [6.07, 6.45) is 1.85. The van der Waals surface area contributed by atoms with Crippen LogP contribution in [0.5, 0.6) is 0 Å². The van der Waals surface area contributed by atoms with Gasteiger partial charge in [-0.15, -0.1) is 0 Å². The van der Waals surface area contributed by atoms with Crippen LogP contribution >= 0.6 is 11.6 Å². The molecule has 2 aromatic rings. The molecule has 0 unspecified atom stereocenters. The number of H-pyrrole nitrogens is 1. The van der Waals surface area contributed by atoms with Gasteiger partial charge in [0.2, 0.25) is 5.28 Å². The Hall–Kier alpha value is -1.09. The van der Waals surface area contributed by atoms with Crippen LogP contribution in [0.3, 0.4) is 0 Å². The lowest BCUT2D eigenvalue weighted by atomic mass is 10.1. The van der Waals surface area contributed by atoms with E-state index in [9.17, 15) is 0 Å². The highest BCUT2D eigenvalue weighted by Crippen LogP contribution is 2.22. The van der Waals surface area contributed by atoms with E-state index in [0.717, 1.165) is 16.7 Å². The summed E-state index contributed by atoms with van der Waals surface area (Å²) in [6.45, 7) is 4.16. The molecule has 1 N–H and O–H groups in total. The average Bonchev–Trinajstić information content (AvgIpc) is 2.49. The molecular formula is C9H10ClN3. The van der Waals surface area contributed by atoms with Gasteiger partial charge in [-0.3, -0.25) is 0 Å². The smallest absolute Gasteiger partial charge is 0.223 e. The van der Waals surface area contributed by atoms with Crippen LogP contribution in [0, 0.1) is 0 Å². The molecule has 0 amide bonds. The number of nitrogens with one attached hydrogen (secondary N) is 1. The molecule has 2 rings (SSSR count). The number of aromatic amines is 1. The maximum absolute atomic E-state index is 5.79. The van der Waals surface area contributed by atoms with Gasteiger partial charge in [0.05, 0.1) is 16.7 Å². The van der Waals surface area contributed by atoms with Gasteiger partial charge in [0.1, 0.15) is 0 Å². The summed E-state index contributed by atoms with van der Waals surface area (Å²) in [5.41, 5.74) is 2.84. The minimum Gasteiger partial charge on any atom is -0.358 e. The molecule has 0 saturated carbocycles. The van der Waals surface area contributed by atoms with Gasteiger partial charge in [0.25, 0.3) is 0 Å². The molecule has 0 saturated heterocycles. The predicted molar refractivity (Wildman–Crippen MR) is 53.0 cm³/mol. The first-order valence-electron chi connectivity index (χ1n) is 4.19. The number of halogens is 1. The monoisotopic (exact) mass is 195 g/mol. The molecule has 0 fully saturated rings. The highest BCUT2D eigenvalue weighted by atomic mass is 35.5. The molecule has 2 heterocycles. The maximum atomic E-state index is 5.79. The van der Waals surface area contributed by atoms with Crippen molar-refractivity contribution in [1.29, 1.82) is 0 Å². The van der Waals surface area contributed by atoms with E-state index in [1.165, 1.54) is 0 Å². The van der Waals surface area contributed by atoms with Crippen molar-refractivity contribution in [2.45, 2.75) is 19.8 Å². The van der Waals surface area contributed by atoms with Gasteiger partial charge in [0.15, 0.2) is 0 Å². The molecular weight excluding hydrogens is 186 g/mol. The van der Waals surface area contributed by atoms with Crippen molar-refractivity contribution in [3.05, 3.63) is 23.2 Å². The Bertz CT molecular complexity index is 433. The zero-order chi connectivity index (χ0) is 9.42. The molecule has 4 heteroatoms. The zero-order valence-corrected chi connectivity index (χ0v) is 8.26. The van der Waals surface area contributed by atoms with Crippen LogP contribution in [0.1, 0.15) is 25.5 Å². The normalized spacial score (nSPS) is 11.4. The summed E-state index contributed by atoms with van der Waals surface area (Å²) in [5.74, 6) is 0.349. The highest BCUT2D eigenvalue weighted by molar-refractivity contribution is 6.28. The van der Waals surface area contributed by atoms with Gasteiger partial charge in [-0.05, 0) is 23.6 Å². The van der Waals surface area contributed by atoms with Gasteiger partial charge in [-0.25, -0.2) is 9.97 Å². The Morgan fingerprint density at radius 3 is 2.85 bits per heavy atom. The summed E-state index contributed by atoms with van der Waals surface area (Å²) < 4.78 is 0. The van der Waals surface area contributed by atoms with E-state index in [1.54, 1.807) is 0 Å². The van der Waals surface area contributed by atoms with E-state index >= 15 is 0 Å². The molecule has 0 aliphatic carbocycles. The molecule has 0 radical (unpaired) electrons. The maximum Gasteiger partial charge on any atom is 0.223 e. The first-order valence-corrected chi connectivity index (χ1v) is 4.57. The Balaban J connectivity index is 2.77. The third kappa shape index (κ3) is 1.40. The minimum absolute atomic E-state index is 0.316. The second kappa shape index (κ2) is 3.00. The summed E-state index contributed by atoms with van der Waals surface area (Å²) >= 11 is 5.79. The number of hydrogen-bond donors (Lipinski definition) is 1. The fourth-order valence-corrected chi connectivity index (χ4v) is 1.54. The third-order valence-electron chi connectivity index (χ3n) is 1.95. The van der Waals surface area contributed by atoms with Crippen molar-refractivity contribution in [3.63, 3.8) is 0 Å². The van der Waals surface area contributed by atoms with Crippen molar-refractivity contribution >= 4 is 22.6 Å². The van der Waals surface area contributed by atoms with Crippen molar-refractivity contribution in [2.75, 3.05) is 0 Å². The standard InChI is InChI=1S/C9H10ClN3/c1-5(2)7-8-6(3-4-11-8)12-9(10)13-7/h3-5,11H,1-2H3. The molecule has 3 nitrogen and oxygen atoms in total. The van der Waals surface area contributed by atoms with Crippen molar-refractivity contribution in [2.24, 2.45) is 0 Å². The van der Waals surface area contributed by atoms with Gasteiger partial charge in [-0.1, -0.05) is 13.8 Å². The Morgan fingerprint density at radius 1 is 1.38 bits per heavy atom. The fourth-order valence-electron chi connectivity index (χ4n) is 1.36. The van der Waals surface area contributed by atoms with Crippen LogP contribution in [-0.2, 0) is 0 Å². The van der Waals surface area contributed by atoms with E-state index in [2.05, 4.69) is 28.8 Å². The van der Waals surface area contributed by atoms with Crippen molar-refractivity contribution in [1.82, 2.24) is 15.0 Å². The molecule has 0 aromatic carbocycles. The summed E-state index contributed by atoms with van der Waals surface area (Å²) in [6, 6.07) is 1.90. The first kappa shape index (κ1) is 8.51. The lowest BCUT2D eigenvalue weighted by Gasteiger charge is -2.05. The minimum atomic E-state index is 0.316. The van der Waals surface area contributed by atoms with Crippen LogP contribution in [0.25, 0.3) is 11.0 Å². The van der Waals surface area contributed by atoms with Gasteiger partial charge in [0, 0.05) is 6.20 Å². The van der Waals surface area contributed by atoms with Crippen LogP contribution in [-0.4, -0.2) is 15.0 Å². The van der Waals surface area contributed by atoms with E-state index in [0.29, 0.717) is 11.2 Å². The van der Waals surface area contributed by atoms with Gasteiger partial charge >= 0.3 is 0 Å². The highest BCUT2D eigenvalue weighted by Gasteiger charge is 2.10. The Kier molecular flexibility index (Phi) is 1.96. The zero-order valence-electron chi connectivity index (χ0n) is 7.50. The molecule has 0 aliphatic heterocycles. The van der Waals surface area contributed by atoms with E-state index in [1.807, 2.05) is 12.3 Å². The van der Waals surface area contributed by atoms with Gasteiger partial charge < -0.3 is 4.98 Å².